The second-order valence-corrected chi connectivity index (χ2v) is 6.22. The van der Waals surface area contributed by atoms with E-state index >= 15 is 0 Å². The van der Waals surface area contributed by atoms with Crippen molar-refractivity contribution in [3.05, 3.63) is 45.4 Å². The fourth-order valence-electron chi connectivity index (χ4n) is 2.28. The van der Waals surface area contributed by atoms with Crippen LogP contribution in [0.25, 0.3) is 0 Å². The zero-order chi connectivity index (χ0) is 13.2. The van der Waals surface area contributed by atoms with Gasteiger partial charge in [0.2, 0.25) is 0 Å². The van der Waals surface area contributed by atoms with Gasteiger partial charge in [0.25, 0.3) is 0 Å². The molecule has 1 aliphatic rings. The minimum atomic E-state index is 0.295. The smallest absolute Gasteiger partial charge is 0.122 e. The largest absolute Gasteiger partial charge is 0.493 e. The second kappa shape index (κ2) is 5.31. The van der Waals surface area contributed by atoms with Crippen molar-refractivity contribution in [2.75, 3.05) is 6.61 Å². The highest BCUT2D eigenvalue weighted by molar-refractivity contribution is 7.11. The Morgan fingerprint density at radius 3 is 3.16 bits per heavy atom. The molecule has 0 fully saturated rings. The molecule has 1 atom stereocenters. The Balaban J connectivity index is 1.63. The van der Waals surface area contributed by atoms with Crippen LogP contribution in [0, 0.1) is 6.92 Å². The standard InChI is InChI=1S/C15H18N2OS/c1-10-8-17-15(19-10)11(2)16-9-12-3-4-14-13(7-12)5-6-18-14/h3-4,7-8,11,16H,5-6,9H2,1-2H3. The number of benzene rings is 1. The van der Waals surface area contributed by atoms with Crippen LogP contribution in [-0.2, 0) is 13.0 Å². The molecule has 2 heterocycles. The van der Waals surface area contributed by atoms with Gasteiger partial charge in [-0.1, -0.05) is 12.1 Å². The summed E-state index contributed by atoms with van der Waals surface area (Å²) in [4.78, 5) is 5.68. The van der Waals surface area contributed by atoms with Crippen molar-refractivity contribution in [2.24, 2.45) is 0 Å². The van der Waals surface area contributed by atoms with Crippen LogP contribution < -0.4 is 10.1 Å². The van der Waals surface area contributed by atoms with Crippen LogP contribution in [0.15, 0.2) is 24.4 Å². The molecule has 0 saturated heterocycles. The molecule has 3 rings (SSSR count). The molecule has 0 radical (unpaired) electrons. The molecule has 0 amide bonds. The average Bonchev–Trinajstić information content (AvgIpc) is 3.03. The van der Waals surface area contributed by atoms with Gasteiger partial charge in [-0.25, -0.2) is 4.98 Å². The topological polar surface area (TPSA) is 34.2 Å². The Bertz CT molecular complexity index is 579. The van der Waals surface area contributed by atoms with Crippen molar-refractivity contribution in [1.82, 2.24) is 10.3 Å². The number of ether oxygens (including phenoxy) is 1. The third kappa shape index (κ3) is 2.80. The molecule has 1 aromatic heterocycles. The van der Waals surface area contributed by atoms with Gasteiger partial charge in [0.05, 0.1) is 12.6 Å². The van der Waals surface area contributed by atoms with E-state index in [1.807, 2.05) is 6.20 Å². The summed E-state index contributed by atoms with van der Waals surface area (Å²) in [5.74, 6) is 1.05. The van der Waals surface area contributed by atoms with E-state index in [1.54, 1.807) is 11.3 Å². The lowest BCUT2D eigenvalue weighted by atomic mass is 10.1. The van der Waals surface area contributed by atoms with Crippen molar-refractivity contribution in [1.29, 1.82) is 0 Å². The number of fused-ring (bicyclic) bond motifs is 1. The molecular weight excluding hydrogens is 256 g/mol. The van der Waals surface area contributed by atoms with Gasteiger partial charge in [-0.3, -0.25) is 0 Å². The quantitative estimate of drug-likeness (QED) is 0.929. The number of hydrogen-bond donors (Lipinski definition) is 1. The normalized spacial score (nSPS) is 15.1. The summed E-state index contributed by atoms with van der Waals surface area (Å²) in [6.07, 6.45) is 2.97. The monoisotopic (exact) mass is 274 g/mol. The van der Waals surface area contributed by atoms with Crippen LogP contribution in [-0.4, -0.2) is 11.6 Å². The van der Waals surface area contributed by atoms with E-state index in [-0.39, 0.29) is 0 Å². The summed E-state index contributed by atoms with van der Waals surface area (Å²) < 4.78 is 5.52. The maximum atomic E-state index is 5.52. The number of aromatic nitrogens is 1. The Labute approximate surface area is 117 Å². The van der Waals surface area contributed by atoms with Crippen LogP contribution in [0.3, 0.4) is 0 Å². The summed E-state index contributed by atoms with van der Waals surface area (Å²) in [7, 11) is 0. The molecular formula is C15H18N2OS. The first-order valence-corrected chi connectivity index (χ1v) is 7.44. The van der Waals surface area contributed by atoms with Gasteiger partial charge >= 0.3 is 0 Å². The Morgan fingerprint density at radius 1 is 1.47 bits per heavy atom. The fourth-order valence-corrected chi connectivity index (χ4v) is 3.08. The first kappa shape index (κ1) is 12.6. The van der Waals surface area contributed by atoms with Gasteiger partial charge < -0.3 is 10.1 Å². The van der Waals surface area contributed by atoms with Crippen molar-refractivity contribution < 1.29 is 4.74 Å². The predicted octanol–water partition coefficient (Wildman–Crippen LogP) is 3.24. The van der Waals surface area contributed by atoms with Crippen LogP contribution in [0.4, 0.5) is 0 Å². The van der Waals surface area contributed by atoms with E-state index in [0.717, 1.165) is 30.3 Å². The molecule has 0 saturated carbocycles. The van der Waals surface area contributed by atoms with Gasteiger partial charge in [-0.15, -0.1) is 11.3 Å². The van der Waals surface area contributed by atoms with Gasteiger partial charge in [0.1, 0.15) is 10.8 Å². The van der Waals surface area contributed by atoms with E-state index in [4.69, 9.17) is 4.74 Å². The minimum absolute atomic E-state index is 0.295. The molecule has 0 spiro atoms. The van der Waals surface area contributed by atoms with Crippen LogP contribution in [0.2, 0.25) is 0 Å². The lowest BCUT2D eigenvalue weighted by molar-refractivity contribution is 0.357. The van der Waals surface area contributed by atoms with Gasteiger partial charge in [0.15, 0.2) is 0 Å². The molecule has 100 valence electrons. The predicted molar refractivity (Wildman–Crippen MR) is 77.7 cm³/mol. The Hall–Kier alpha value is -1.39. The van der Waals surface area contributed by atoms with E-state index in [9.17, 15) is 0 Å². The number of hydrogen-bond acceptors (Lipinski definition) is 4. The number of rotatable bonds is 4. The Kier molecular flexibility index (Phi) is 3.53. The summed E-state index contributed by atoms with van der Waals surface area (Å²) >= 11 is 1.76. The molecule has 1 aliphatic heterocycles. The number of thiazole rings is 1. The van der Waals surface area contributed by atoms with E-state index in [2.05, 4.69) is 42.3 Å². The summed E-state index contributed by atoms with van der Waals surface area (Å²) in [5, 5.41) is 4.68. The van der Waals surface area contributed by atoms with Gasteiger partial charge in [-0.05, 0) is 31.0 Å². The highest BCUT2D eigenvalue weighted by atomic mass is 32.1. The highest BCUT2D eigenvalue weighted by Crippen LogP contribution is 2.26. The molecule has 4 heteroatoms. The van der Waals surface area contributed by atoms with Gasteiger partial charge in [-0.2, -0.15) is 0 Å². The molecule has 0 aliphatic carbocycles. The number of nitrogens with one attached hydrogen (secondary N) is 1. The summed E-state index contributed by atoms with van der Waals surface area (Å²) in [6, 6.07) is 6.76. The SMILES string of the molecule is Cc1cnc(C(C)NCc2ccc3c(c2)CCO3)s1. The van der Waals surface area contributed by atoms with Crippen LogP contribution in [0.1, 0.15) is 34.0 Å². The number of aryl methyl sites for hydroxylation is 1. The number of nitrogens with zero attached hydrogens (tertiary/aromatic N) is 1. The third-order valence-corrected chi connectivity index (χ3v) is 4.47. The maximum absolute atomic E-state index is 5.52. The lowest BCUT2D eigenvalue weighted by Gasteiger charge is -2.11. The summed E-state index contributed by atoms with van der Waals surface area (Å²) in [5.41, 5.74) is 2.64. The van der Waals surface area contributed by atoms with Crippen molar-refractivity contribution in [2.45, 2.75) is 32.9 Å². The first-order valence-electron chi connectivity index (χ1n) is 6.62. The van der Waals surface area contributed by atoms with Crippen molar-refractivity contribution >= 4 is 11.3 Å². The molecule has 1 aromatic carbocycles. The average molecular weight is 274 g/mol. The molecule has 19 heavy (non-hydrogen) atoms. The van der Waals surface area contributed by atoms with Crippen LogP contribution in [0.5, 0.6) is 5.75 Å². The van der Waals surface area contributed by atoms with Crippen LogP contribution >= 0.6 is 11.3 Å². The highest BCUT2D eigenvalue weighted by Gasteiger charge is 2.13. The van der Waals surface area contributed by atoms with Gasteiger partial charge in [0, 0.05) is 24.0 Å². The van der Waals surface area contributed by atoms with E-state index in [0.29, 0.717) is 6.04 Å². The molecule has 0 bridgehead atoms. The Morgan fingerprint density at radius 2 is 2.37 bits per heavy atom. The summed E-state index contributed by atoms with van der Waals surface area (Å²) in [6.45, 7) is 5.94. The molecule has 2 aromatic rings. The first-order chi connectivity index (χ1) is 9.22. The van der Waals surface area contributed by atoms with Crippen molar-refractivity contribution in [3.8, 4) is 5.75 Å². The zero-order valence-corrected chi connectivity index (χ0v) is 12.1. The minimum Gasteiger partial charge on any atom is -0.493 e. The molecule has 1 N–H and O–H groups in total. The van der Waals surface area contributed by atoms with E-state index in [1.165, 1.54) is 16.0 Å². The lowest BCUT2D eigenvalue weighted by Crippen LogP contribution is -2.17. The molecule has 1 unspecified atom stereocenters. The second-order valence-electron chi connectivity index (χ2n) is 4.95. The third-order valence-electron chi connectivity index (χ3n) is 3.38. The van der Waals surface area contributed by atoms with E-state index < -0.39 is 0 Å². The zero-order valence-electron chi connectivity index (χ0n) is 11.3. The maximum Gasteiger partial charge on any atom is 0.122 e. The fraction of sp³-hybridized carbons (Fsp3) is 0.400. The molecule has 3 nitrogen and oxygen atoms in total. The van der Waals surface area contributed by atoms with Crippen molar-refractivity contribution in [3.63, 3.8) is 0 Å².